The van der Waals surface area contributed by atoms with Crippen LogP contribution in [0.15, 0.2) is 18.5 Å². The molecule has 0 saturated carbocycles. The van der Waals surface area contributed by atoms with E-state index >= 15 is 0 Å². The van der Waals surface area contributed by atoms with Crippen molar-refractivity contribution in [2.75, 3.05) is 13.1 Å². The summed E-state index contributed by atoms with van der Waals surface area (Å²) in [5.74, 6) is 0.316. The zero-order valence-corrected chi connectivity index (χ0v) is 9.56. The maximum atomic E-state index is 13.0. The molecule has 1 aliphatic heterocycles. The van der Waals surface area contributed by atoms with Gasteiger partial charge < -0.3 is 5.73 Å². The molecule has 3 nitrogen and oxygen atoms in total. The number of likely N-dealkylation sites (tertiary alicyclic amines) is 1. The molecule has 0 aromatic carbocycles. The molecule has 1 fully saturated rings. The summed E-state index contributed by atoms with van der Waals surface area (Å²) in [5.41, 5.74) is 6.61. The van der Waals surface area contributed by atoms with E-state index < -0.39 is 0 Å². The molecule has 0 bridgehead atoms. The molecule has 1 aromatic heterocycles. The van der Waals surface area contributed by atoms with E-state index in [0.717, 1.165) is 31.6 Å². The third-order valence-electron chi connectivity index (χ3n) is 3.27. The predicted molar refractivity (Wildman–Crippen MR) is 61.2 cm³/mol. The van der Waals surface area contributed by atoms with Crippen LogP contribution in [0.25, 0.3) is 0 Å². The van der Waals surface area contributed by atoms with Crippen LogP contribution in [0.3, 0.4) is 0 Å². The summed E-state index contributed by atoms with van der Waals surface area (Å²) in [7, 11) is 0. The molecular weight excluding hydrogens is 205 g/mol. The molecule has 1 saturated heterocycles. The van der Waals surface area contributed by atoms with Crippen molar-refractivity contribution in [1.29, 1.82) is 0 Å². The maximum Gasteiger partial charge on any atom is 0.141 e. The molecule has 0 amide bonds. The Balaban J connectivity index is 2.00. The van der Waals surface area contributed by atoms with Crippen LogP contribution in [0.5, 0.6) is 0 Å². The van der Waals surface area contributed by atoms with Crippen LogP contribution >= 0.6 is 0 Å². The molecule has 1 aromatic rings. The van der Waals surface area contributed by atoms with E-state index in [1.807, 2.05) is 0 Å². The Morgan fingerprint density at radius 3 is 3.00 bits per heavy atom. The van der Waals surface area contributed by atoms with Crippen molar-refractivity contribution >= 4 is 0 Å². The zero-order chi connectivity index (χ0) is 11.5. The van der Waals surface area contributed by atoms with Crippen molar-refractivity contribution in [2.24, 2.45) is 11.7 Å². The first-order valence-electron chi connectivity index (χ1n) is 5.72. The highest BCUT2D eigenvalue weighted by Crippen LogP contribution is 2.23. The van der Waals surface area contributed by atoms with Crippen LogP contribution in [0.1, 0.15) is 18.9 Å². The van der Waals surface area contributed by atoms with E-state index in [1.54, 1.807) is 12.3 Å². The molecule has 88 valence electrons. The van der Waals surface area contributed by atoms with Gasteiger partial charge in [-0.3, -0.25) is 9.88 Å². The molecule has 0 radical (unpaired) electrons. The standard InChI is InChI=1S/C12H18FN3/c1-9-2-10(4-14)7-16(9)8-11-3-12(13)6-15-5-11/h3,5-6,9-10H,2,4,7-8,14H2,1H3. The van der Waals surface area contributed by atoms with Crippen LogP contribution in [0, 0.1) is 11.7 Å². The third-order valence-corrected chi connectivity index (χ3v) is 3.27. The normalized spacial score (nSPS) is 26.2. The van der Waals surface area contributed by atoms with Crippen LogP contribution in [0.4, 0.5) is 4.39 Å². The Morgan fingerprint density at radius 2 is 2.38 bits per heavy atom. The first-order valence-corrected chi connectivity index (χ1v) is 5.72. The summed E-state index contributed by atoms with van der Waals surface area (Å²) in [4.78, 5) is 6.21. The van der Waals surface area contributed by atoms with Crippen LogP contribution in [0.2, 0.25) is 0 Å². The number of pyridine rings is 1. The topological polar surface area (TPSA) is 42.1 Å². The Hall–Kier alpha value is -1.00. The van der Waals surface area contributed by atoms with Crippen molar-refractivity contribution in [3.63, 3.8) is 0 Å². The summed E-state index contributed by atoms with van der Waals surface area (Å²) in [6.07, 6.45) is 4.10. The van der Waals surface area contributed by atoms with Crippen molar-refractivity contribution in [3.8, 4) is 0 Å². The molecule has 16 heavy (non-hydrogen) atoms. The van der Waals surface area contributed by atoms with Crippen LogP contribution in [-0.2, 0) is 6.54 Å². The minimum absolute atomic E-state index is 0.264. The van der Waals surface area contributed by atoms with Gasteiger partial charge in [0.15, 0.2) is 0 Å². The molecule has 1 aliphatic rings. The largest absolute Gasteiger partial charge is 0.330 e. The quantitative estimate of drug-likeness (QED) is 0.842. The van der Waals surface area contributed by atoms with Gasteiger partial charge in [0.05, 0.1) is 6.20 Å². The fourth-order valence-corrected chi connectivity index (χ4v) is 2.39. The zero-order valence-electron chi connectivity index (χ0n) is 9.56. The SMILES string of the molecule is CC1CC(CN)CN1Cc1cncc(F)c1. The number of rotatable bonds is 3. The van der Waals surface area contributed by atoms with Gasteiger partial charge in [-0.1, -0.05) is 0 Å². The first-order chi connectivity index (χ1) is 7.69. The number of hydrogen-bond donors (Lipinski definition) is 1. The highest BCUT2D eigenvalue weighted by Gasteiger charge is 2.27. The summed E-state index contributed by atoms with van der Waals surface area (Å²) in [6.45, 7) is 4.71. The summed E-state index contributed by atoms with van der Waals surface area (Å²) < 4.78 is 13.0. The van der Waals surface area contributed by atoms with Gasteiger partial charge in [0, 0.05) is 25.3 Å². The molecule has 2 N–H and O–H groups in total. The Labute approximate surface area is 95.5 Å². The molecule has 4 heteroatoms. The minimum Gasteiger partial charge on any atom is -0.330 e. The minimum atomic E-state index is -0.264. The number of nitrogens with two attached hydrogens (primary N) is 1. The molecular formula is C12H18FN3. The fraction of sp³-hybridized carbons (Fsp3) is 0.583. The van der Waals surface area contributed by atoms with E-state index in [0.29, 0.717) is 12.0 Å². The Bertz CT molecular complexity index is 356. The van der Waals surface area contributed by atoms with Gasteiger partial charge in [0.25, 0.3) is 0 Å². The van der Waals surface area contributed by atoms with Gasteiger partial charge in [-0.15, -0.1) is 0 Å². The monoisotopic (exact) mass is 223 g/mol. The van der Waals surface area contributed by atoms with E-state index in [-0.39, 0.29) is 5.82 Å². The van der Waals surface area contributed by atoms with Gasteiger partial charge in [0.2, 0.25) is 0 Å². The smallest absolute Gasteiger partial charge is 0.141 e. The molecule has 0 spiro atoms. The second-order valence-electron chi connectivity index (χ2n) is 4.63. The van der Waals surface area contributed by atoms with E-state index in [9.17, 15) is 4.39 Å². The lowest BCUT2D eigenvalue weighted by molar-refractivity contribution is 0.255. The predicted octanol–water partition coefficient (Wildman–Crippen LogP) is 1.39. The fourth-order valence-electron chi connectivity index (χ4n) is 2.39. The summed E-state index contributed by atoms with van der Waals surface area (Å²) in [6, 6.07) is 2.08. The van der Waals surface area contributed by atoms with Gasteiger partial charge in [-0.25, -0.2) is 4.39 Å². The second kappa shape index (κ2) is 4.89. The average Bonchev–Trinajstić information content (AvgIpc) is 2.60. The van der Waals surface area contributed by atoms with Crippen molar-refractivity contribution in [3.05, 3.63) is 29.8 Å². The molecule has 2 unspecified atom stereocenters. The molecule has 0 aliphatic carbocycles. The lowest BCUT2D eigenvalue weighted by atomic mass is 10.1. The van der Waals surface area contributed by atoms with Crippen molar-refractivity contribution in [1.82, 2.24) is 9.88 Å². The number of nitrogens with zero attached hydrogens (tertiary/aromatic N) is 2. The van der Waals surface area contributed by atoms with Crippen LogP contribution in [-0.4, -0.2) is 29.0 Å². The number of hydrogen-bond acceptors (Lipinski definition) is 3. The average molecular weight is 223 g/mol. The number of aromatic nitrogens is 1. The number of halogens is 1. The highest BCUT2D eigenvalue weighted by molar-refractivity contribution is 5.10. The molecule has 2 heterocycles. The lowest BCUT2D eigenvalue weighted by Crippen LogP contribution is -2.27. The maximum absolute atomic E-state index is 13.0. The van der Waals surface area contributed by atoms with E-state index in [1.165, 1.54) is 6.20 Å². The van der Waals surface area contributed by atoms with E-state index in [4.69, 9.17) is 5.73 Å². The summed E-state index contributed by atoms with van der Waals surface area (Å²) in [5, 5.41) is 0. The van der Waals surface area contributed by atoms with Crippen molar-refractivity contribution in [2.45, 2.75) is 25.9 Å². The highest BCUT2D eigenvalue weighted by atomic mass is 19.1. The van der Waals surface area contributed by atoms with E-state index in [2.05, 4.69) is 16.8 Å². The lowest BCUT2D eigenvalue weighted by Gasteiger charge is -2.20. The Morgan fingerprint density at radius 1 is 1.56 bits per heavy atom. The third kappa shape index (κ3) is 2.57. The van der Waals surface area contributed by atoms with Crippen LogP contribution < -0.4 is 5.73 Å². The van der Waals surface area contributed by atoms with Gasteiger partial charge in [0.1, 0.15) is 5.82 Å². The van der Waals surface area contributed by atoms with Crippen molar-refractivity contribution < 1.29 is 4.39 Å². The van der Waals surface area contributed by atoms with Gasteiger partial charge in [-0.05, 0) is 37.4 Å². The Kier molecular flexibility index (Phi) is 3.51. The van der Waals surface area contributed by atoms with Gasteiger partial charge in [-0.2, -0.15) is 0 Å². The first kappa shape index (κ1) is 11.5. The molecule has 2 rings (SSSR count). The second-order valence-corrected chi connectivity index (χ2v) is 4.63. The summed E-state index contributed by atoms with van der Waals surface area (Å²) >= 11 is 0. The molecule has 2 atom stereocenters. The van der Waals surface area contributed by atoms with Gasteiger partial charge >= 0.3 is 0 Å².